The van der Waals surface area contributed by atoms with Crippen LogP contribution in [-0.2, 0) is 11.0 Å². The lowest BCUT2D eigenvalue weighted by molar-refractivity contribution is -0.160. The third kappa shape index (κ3) is 9.12. The third-order valence-electron chi connectivity index (χ3n) is 5.52. The first kappa shape index (κ1) is 33.4. The Bertz CT molecular complexity index is 1270. The summed E-state index contributed by atoms with van der Waals surface area (Å²) >= 11 is 11.4. The molecule has 0 aliphatic heterocycles. The Kier molecular flexibility index (Phi) is 10.3. The van der Waals surface area contributed by atoms with Gasteiger partial charge in [0.25, 0.3) is 0 Å². The normalized spacial score (nSPS) is 14.6. The van der Waals surface area contributed by atoms with Crippen LogP contribution in [0.4, 0.5) is 43.9 Å². The second-order valence-corrected chi connectivity index (χ2v) is 9.71. The summed E-state index contributed by atoms with van der Waals surface area (Å²) in [6.45, 7) is -0.616. The van der Waals surface area contributed by atoms with Crippen molar-refractivity contribution in [2.45, 2.75) is 37.8 Å². The van der Waals surface area contributed by atoms with Gasteiger partial charge in [0.15, 0.2) is 5.78 Å². The molecule has 0 N–H and O–H groups in total. The SMILES string of the molecule is C[C@@H](CC(=O)c1ccc(/C(F)=C/C(c2cc(Cl)cc(Cl)c2)C(F)(F)F)cc1C(F)(F)F)C(=O)N(C)CC(F)(F)F. The van der Waals surface area contributed by atoms with E-state index in [1.165, 1.54) is 0 Å². The third-order valence-corrected chi connectivity index (χ3v) is 5.95. The number of halogens is 12. The lowest BCUT2D eigenvalue weighted by Crippen LogP contribution is -2.39. The van der Waals surface area contributed by atoms with Crippen molar-refractivity contribution < 1.29 is 53.5 Å². The largest absolute Gasteiger partial charge is 0.417 e. The van der Waals surface area contributed by atoms with Crippen LogP contribution in [-0.4, -0.2) is 42.5 Å². The number of amides is 1. The molecule has 0 fully saturated rings. The zero-order valence-corrected chi connectivity index (χ0v) is 21.9. The molecule has 2 atom stereocenters. The number of allylic oxidation sites excluding steroid dienone is 1. The number of rotatable bonds is 8. The van der Waals surface area contributed by atoms with E-state index in [9.17, 15) is 53.5 Å². The van der Waals surface area contributed by atoms with Crippen molar-refractivity contribution in [3.05, 3.63) is 74.8 Å². The van der Waals surface area contributed by atoms with Crippen molar-refractivity contribution in [3.8, 4) is 0 Å². The van der Waals surface area contributed by atoms with Gasteiger partial charge in [0.1, 0.15) is 18.3 Å². The van der Waals surface area contributed by atoms with Crippen molar-refractivity contribution in [3.63, 3.8) is 0 Å². The van der Waals surface area contributed by atoms with Gasteiger partial charge in [0, 0.05) is 40.6 Å². The Hall–Kier alpha value is -2.80. The summed E-state index contributed by atoms with van der Waals surface area (Å²) in [6.07, 6.45) is -16.0. The standard InChI is InChI=1S/C25H19Cl2F10NO2/c1-12(22(40)38(2)11-23(29,30)31)5-21(39)17-4-3-13(8-19(17)25(35,36)37)20(28)10-18(24(32,33)34)14-6-15(26)9-16(27)7-14/h3-4,6-10,12,18H,5,11H2,1-2H3/b20-10-/t12-,18?/m0/s1. The molecule has 0 saturated carbocycles. The molecule has 1 unspecified atom stereocenters. The molecule has 2 aromatic rings. The van der Waals surface area contributed by atoms with Gasteiger partial charge in [-0.25, -0.2) is 4.39 Å². The first-order valence-corrected chi connectivity index (χ1v) is 11.8. The monoisotopic (exact) mass is 625 g/mol. The summed E-state index contributed by atoms with van der Waals surface area (Å²) in [5.41, 5.74) is -4.29. The lowest BCUT2D eigenvalue weighted by Gasteiger charge is -2.22. The van der Waals surface area contributed by atoms with Crippen LogP contribution in [0.5, 0.6) is 0 Å². The highest BCUT2D eigenvalue weighted by Gasteiger charge is 2.41. The van der Waals surface area contributed by atoms with Gasteiger partial charge in [-0.05, 0) is 35.9 Å². The summed E-state index contributed by atoms with van der Waals surface area (Å²) in [5.74, 6) is -8.27. The molecule has 0 aromatic heterocycles. The molecule has 0 aliphatic rings. The van der Waals surface area contributed by atoms with E-state index in [4.69, 9.17) is 23.2 Å². The van der Waals surface area contributed by atoms with Crippen LogP contribution in [0.15, 0.2) is 42.5 Å². The van der Waals surface area contributed by atoms with Crippen molar-refractivity contribution in [2.24, 2.45) is 5.92 Å². The number of nitrogens with zero attached hydrogens (tertiary/aromatic N) is 1. The topological polar surface area (TPSA) is 37.4 Å². The van der Waals surface area contributed by atoms with E-state index in [0.29, 0.717) is 12.1 Å². The van der Waals surface area contributed by atoms with Crippen molar-refractivity contribution >= 4 is 40.7 Å². The van der Waals surface area contributed by atoms with E-state index in [2.05, 4.69) is 0 Å². The number of ketones is 1. The molecule has 220 valence electrons. The van der Waals surface area contributed by atoms with E-state index in [0.717, 1.165) is 32.2 Å². The zero-order valence-electron chi connectivity index (χ0n) is 20.4. The maximum atomic E-state index is 14.9. The van der Waals surface area contributed by atoms with E-state index < -0.39 is 83.1 Å². The minimum Gasteiger partial charge on any atom is -0.336 e. The summed E-state index contributed by atoms with van der Waals surface area (Å²) in [6, 6.07) is 4.10. The Morgan fingerprint density at radius 1 is 0.925 bits per heavy atom. The van der Waals surface area contributed by atoms with E-state index in [1.54, 1.807) is 0 Å². The van der Waals surface area contributed by atoms with E-state index in [-0.39, 0.29) is 27.1 Å². The molecule has 1 amide bonds. The van der Waals surface area contributed by atoms with Crippen LogP contribution in [0.1, 0.15) is 46.3 Å². The van der Waals surface area contributed by atoms with Crippen molar-refractivity contribution in [1.82, 2.24) is 4.90 Å². The first-order valence-electron chi connectivity index (χ1n) is 11.1. The van der Waals surface area contributed by atoms with Crippen molar-refractivity contribution in [1.29, 1.82) is 0 Å². The van der Waals surface area contributed by atoms with Crippen LogP contribution in [0.2, 0.25) is 10.0 Å². The minimum absolute atomic E-state index is 0.0240. The minimum atomic E-state index is -5.29. The highest BCUT2D eigenvalue weighted by atomic mass is 35.5. The second kappa shape index (κ2) is 12.4. The molecule has 0 aliphatic carbocycles. The molecule has 2 aromatic carbocycles. The number of hydrogen-bond acceptors (Lipinski definition) is 2. The van der Waals surface area contributed by atoms with Crippen molar-refractivity contribution in [2.75, 3.05) is 13.6 Å². The van der Waals surface area contributed by atoms with Gasteiger partial charge in [-0.15, -0.1) is 0 Å². The molecule has 0 saturated heterocycles. The van der Waals surface area contributed by atoms with Gasteiger partial charge in [0.05, 0.1) is 5.56 Å². The van der Waals surface area contributed by atoms with E-state index in [1.807, 2.05) is 0 Å². The van der Waals surface area contributed by atoms with Crippen LogP contribution in [0.3, 0.4) is 0 Å². The zero-order chi connectivity index (χ0) is 30.8. The Balaban J connectivity index is 2.45. The summed E-state index contributed by atoms with van der Waals surface area (Å²) in [7, 11) is 0.799. The lowest BCUT2D eigenvalue weighted by atomic mass is 9.92. The Morgan fingerprint density at radius 3 is 1.95 bits per heavy atom. The smallest absolute Gasteiger partial charge is 0.336 e. The number of alkyl halides is 9. The Morgan fingerprint density at radius 2 is 1.48 bits per heavy atom. The maximum Gasteiger partial charge on any atom is 0.417 e. The molecule has 0 radical (unpaired) electrons. The van der Waals surface area contributed by atoms with Gasteiger partial charge >= 0.3 is 18.5 Å². The van der Waals surface area contributed by atoms with Gasteiger partial charge in [-0.3, -0.25) is 9.59 Å². The van der Waals surface area contributed by atoms with Gasteiger partial charge in [0.2, 0.25) is 5.91 Å². The number of carbonyl (C=O) groups excluding carboxylic acids is 2. The molecule has 15 heteroatoms. The number of carbonyl (C=O) groups is 2. The second-order valence-electron chi connectivity index (χ2n) is 8.83. The molecule has 0 spiro atoms. The van der Waals surface area contributed by atoms with Gasteiger partial charge in [-0.2, -0.15) is 39.5 Å². The number of hydrogen-bond donors (Lipinski definition) is 0. The Labute approximate surface area is 231 Å². The van der Waals surface area contributed by atoms with Crippen LogP contribution in [0.25, 0.3) is 5.83 Å². The molecule has 2 rings (SSSR count). The van der Waals surface area contributed by atoms with Crippen LogP contribution in [0, 0.1) is 5.92 Å². The average Bonchev–Trinajstić information content (AvgIpc) is 2.78. The van der Waals surface area contributed by atoms with Gasteiger partial charge < -0.3 is 4.90 Å². The molecule has 0 heterocycles. The predicted octanol–water partition coefficient (Wildman–Crippen LogP) is 8.90. The van der Waals surface area contributed by atoms with Gasteiger partial charge in [-0.1, -0.05) is 42.3 Å². The van der Waals surface area contributed by atoms with E-state index >= 15 is 0 Å². The highest BCUT2D eigenvalue weighted by Crippen LogP contribution is 2.41. The maximum absolute atomic E-state index is 14.9. The fraction of sp³-hybridized carbons (Fsp3) is 0.360. The van der Waals surface area contributed by atoms with Crippen LogP contribution < -0.4 is 0 Å². The average molecular weight is 626 g/mol. The fourth-order valence-corrected chi connectivity index (χ4v) is 4.29. The predicted molar refractivity (Wildman–Crippen MR) is 128 cm³/mol. The quantitative estimate of drug-likeness (QED) is 0.217. The fourth-order valence-electron chi connectivity index (χ4n) is 3.75. The first-order chi connectivity index (χ1) is 18.1. The highest BCUT2D eigenvalue weighted by molar-refractivity contribution is 6.34. The van der Waals surface area contributed by atoms with Crippen LogP contribution >= 0.6 is 23.2 Å². The molecular formula is C25H19Cl2F10NO2. The number of benzene rings is 2. The molecule has 3 nitrogen and oxygen atoms in total. The summed E-state index contributed by atoms with van der Waals surface area (Å²) in [4.78, 5) is 25.0. The molecule has 40 heavy (non-hydrogen) atoms. The number of Topliss-reactive ketones (excluding diaryl/α,β-unsaturated/α-hetero) is 1. The summed E-state index contributed by atoms with van der Waals surface area (Å²) in [5, 5.41) is -0.407. The molecule has 0 bridgehead atoms. The summed E-state index contributed by atoms with van der Waals surface area (Å²) < 4.78 is 135. The molecular weight excluding hydrogens is 607 g/mol.